The number of fused-ring (bicyclic) bond motifs is 1. The molecule has 7 heteroatoms. The molecule has 0 aliphatic carbocycles. The number of halogens is 1. The van der Waals surface area contributed by atoms with Crippen molar-refractivity contribution in [1.82, 2.24) is 0 Å². The van der Waals surface area contributed by atoms with Crippen molar-refractivity contribution in [1.29, 1.82) is 0 Å². The maximum atomic E-state index is 13.5. The summed E-state index contributed by atoms with van der Waals surface area (Å²) >= 11 is 0. The van der Waals surface area contributed by atoms with E-state index in [1.807, 2.05) is 31.2 Å². The second-order valence-electron chi connectivity index (χ2n) is 6.20. The number of hydrogen-bond acceptors (Lipinski definition) is 3. The van der Waals surface area contributed by atoms with Gasteiger partial charge in [-0.15, -0.1) is 0 Å². The highest BCUT2D eigenvalue weighted by molar-refractivity contribution is 7.92. The molecule has 1 unspecified atom stereocenters. The number of carbonyl (C=O) groups is 1. The molecule has 2 aromatic rings. The molecule has 2 aromatic carbocycles. The highest BCUT2D eigenvalue weighted by Crippen LogP contribution is 2.32. The Bertz CT molecular complexity index is 914. The van der Waals surface area contributed by atoms with Crippen LogP contribution in [0.2, 0.25) is 0 Å². The lowest BCUT2D eigenvalue weighted by Gasteiger charge is -2.27. The van der Waals surface area contributed by atoms with Gasteiger partial charge in [-0.1, -0.05) is 24.3 Å². The van der Waals surface area contributed by atoms with E-state index >= 15 is 0 Å². The largest absolute Gasteiger partial charge is 0.307 e. The first kappa shape index (κ1) is 17.4. The van der Waals surface area contributed by atoms with Crippen LogP contribution in [0.5, 0.6) is 0 Å². The van der Waals surface area contributed by atoms with Gasteiger partial charge in [0.1, 0.15) is 12.4 Å². The fourth-order valence-electron chi connectivity index (χ4n) is 3.18. The lowest BCUT2D eigenvalue weighted by atomic mass is 10.1. The first-order chi connectivity index (χ1) is 11.8. The lowest BCUT2D eigenvalue weighted by molar-refractivity contribution is -0.117. The van der Waals surface area contributed by atoms with Crippen molar-refractivity contribution in [2.75, 3.05) is 22.0 Å². The van der Waals surface area contributed by atoms with E-state index in [0.29, 0.717) is 0 Å². The molecule has 132 valence electrons. The molecular weight excluding hydrogens is 343 g/mol. The third-order valence-corrected chi connectivity index (χ3v) is 5.39. The standard InChI is InChI=1S/C18H19FN2O3S/c1-13-10-14-6-3-4-9-17(14)21(13)18(22)12-20(25(2,23)24)16-8-5-7-15(19)11-16/h3-9,11,13H,10,12H2,1-2H3. The minimum absolute atomic E-state index is 0.0566. The van der Waals surface area contributed by atoms with Gasteiger partial charge in [0, 0.05) is 11.7 Å². The van der Waals surface area contributed by atoms with Crippen molar-refractivity contribution in [2.45, 2.75) is 19.4 Å². The second-order valence-corrected chi connectivity index (χ2v) is 8.10. The summed E-state index contributed by atoms with van der Waals surface area (Å²) in [4.78, 5) is 14.5. The number of benzene rings is 2. The van der Waals surface area contributed by atoms with Gasteiger partial charge in [0.25, 0.3) is 0 Å². The van der Waals surface area contributed by atoms with Crippen molar-refractivity contribution in [3.8, 4) is 0 Å². The second kappa shape index (κ2) is 6.48. The van der Waals surface area contributed by atoms with E-state index in [0.717, 1.165) is 34.3 Å². The molecule has 0 N–H and O–H groups in total. The minimum Gasteiger partial charge on any atom is -0.307 e. The smallest absolute Gasteiger partial charge is 0.248 e. The zero-order valence-corrected chi connectivity index (χ0v) is 14.8. The molecular formula is C18H19FN2O3S. The summed E-state index contributed by atoms with van der Waals surface area (Å²) in [6.45, 7) is 1.55. The summed E-state index contributed by atoms with van der Waals surface area (Å²) in [5.74, 6) is -0.898. The van der Waals surface area contributed by atoms with Gasteiger partial charge >= 0.3 is 0 Å². The molecule has 0 saturated carbocycles. The number of nitrogens with zero attached hydrogens (tertiary/aromatic N) is 2. The molecule has 1 atom stereocenters. The third kappa shape index (κ3) is 3.51. The molecule has 25 heavy (non-hydrogen) atoms. The van der Waals surface area contributed by atoms with Crippen molar-refractivity contribution < 1.29 is 17.6 Å². The van der Waals surface area contributed by atoms with Crippen LogP contribution in [-0.2, 0) is 21.2 Å². The summed E-state index contributed by atoms with van der Waals surface area (Å²) in [5.41, 5.74) is 1.99. The zero-order valence-electron chi connectivity index (χ0n) is 14.0. The Labute approximate surface area is 146 Å². The van der Waals surface area contributed by atoms with Gasteiger partial charge in [-0.25, -0.2) is 12.8 Å². The average molecular weight is 362 g/mol. The van der Waals surface area contributed by atoms with E-state index in [-0.39, 0.29) is 24.2 Å². The van der Waals surface area contributed by atoms with Gasteiger partial charge in [0.05, 0.1) is 11.9 Å². The summed E-state index contributed by atoms with van der Waals surface area (Å²) in [6, 6.07) is 12.7. The molecule has 5 nitrogen and oxygen atoms in total. The average Bonchev–Trinajstić information content (AvgIpc) is 2.87. The number of sulfonamides is 1. The predicted molar refractivity (Wildman–Crippen MR) is 95.7 cm³/mol. The van der Waals surface area contributed by atoms with Crippen LogP contribution in [0.25, 0.3) is 0 Å². The molecule has 0 aromatic heterocycles. The molecule has 1 amide bonds. The number of amides is 1. The fraction of sp³-hybridized carbons (Fsp3) is 0.278. The molecule has 0 bridgehead atoms. The summed E-state index contributed by atoms with van der Waals surface area (Å²) in [5, 5.41) is 0. The van der Waals surface area contributed by atoms with Gasteiger partial charge in [-0.3, -0.25) is 9.10 Å². The van der Waals surface area contributed by atoms with Crippen LogP contribution in [0.15, 0.2) is 48.5 Å². The third-order valence-electron chi connectivity index (χ3n) is 4.25. The number of rotatable bonds is 4. The predicted octanol–water partition coefficient (Wildman–Crippen LogP) is 2.57. The Morgan fingerprint density at radius 2 is 1.96 bits per heavy atom. The van der Waals surface area contributed by atoms with Crippen molar-refractivity contribution >= 4 is 27.3 Å². The topological polar surface area (TPSA) is 57.7 Å². The minimum atomic E-state index is -3.74. The lowest BCUT2D eigenvalue weighted by Crippen LogP contribution is -2.45. The molecule has 0 fully saturated rings. The van der Waals surface area contributed by atoms with Gasteiger partial charge in [0.2, 0.25) is 15.9 Å². The zero-order chi connectivity index (χ0) is 18.2. The summed E-state index contributed by atoms with van der Waals surface area (Å²) in [6.07, 6.45) is 1.73. The van der Waals surface area contributed by atoms with E-state index in [1.54, 1.807) is 4.90 Å². The van der Waals surface area contributed by atoms with Crippen LogP contribution in [-0.4, -0.2) is 33.2 Å². The molecule has 1 heterocycles. The highest BCUT2D eigenvalue weighted by atomic mass is 32.2. The van der Waals surface area contributed by atoms with Crippen LogP contribution in [0.4, 0.5) is 15.8 Å². The Morgan fingerprint density at radius 1 is 1.24 bits per heavy atom. The Morgan fingerprint density at radius 3 is 2.64 bits per heavy atom. The van der Waals surface area contributed by atoms with Crippen molar-refractivity contribution in [2.24, 2.45) is 0 Å². The van der Waals surface area contributed by atoms with Crippen LogP contribution < -0.4 is 9.21 Å². The number of hydrogen-bond donors (Lipinski definition) is 0. The monoisotopic (exact) mass is 362 g/mol. The van der Waals surface area contributed by atoms with E-state index in [9.17, 15) is 17.6 Å². The molecule has 0 spiro atoms. The maximum Gasteiger partial charge on any atom is 0.248 e. The van der Waals surface area contributed by atoms with E-state index < -0.39 is 15.8 Å². The first-order valence-electron chi connectivity index (χ1n) is 7.90. The van der Waals surface area contributed by atoms with E-state index in [4.69, 9.17) is 0 Å². The van der Waals surface area contributed by atoms with Crippen molar-refractivity contribution in [3.05, 3.63) is 59.9 Å². The van der Waals surface area contributed by atoms with Crippen LogP contribution in [0.1, 0.15) is 12.5 Å². The van der Waals surface area contributed by atoms with E-state index in [2.05, 4.69) is 0 Å². The van der Waals surface area contributed by atoms with Gasteiger partial charge in [-0.05, 0) is 43.2 Å². The first-order valence-corrected chi connectivity index (χ1v) is 9.75. The van der Waals surface area contributed by atoms with Gasteiger partial charge < -0.3 is 4.90 Å². The van der Waals surface area contributed by atoms with Crippen LogP contribution in [0, 0.1) is 5.82 Å². The number of carbonyl (C=O) groups excluding carboxylic acids is 1. The van der Waals surface area contributed by atoms with Gasteiger partial charge in [0.15, 0.2) is 0 Å². The van der Waals surface area contributed by atoms with Gasteiger partial charge in [-0.2, -0.15) is 0 Å². The van der Waals surface area contributed by atoms with E-state index in [1.165, 1.54) is 18.2 Å². The van der Waals surface area contributed by atoms with Crippen LogP contribution >= 0.6 is 0 Å². The highest BCUT2D eigenvalue weighted by Gasteiger charge is 2.33. The Hall–Kier alpha value is -2.41. The summed E-state index contributed by atoms with van der Waals surface area (Å²) < 4.78 is 38.7. The summed E-state index contributed by atoms with van der Waals surface area (Å²) in [7, 11) is -3.74. The number of para-hydroxylation sites is 1. The molecule has 0 radical (unpaired) electrons. The quantitative estimate of drug-likeness (QED) is 0.840. The Kier molecular flexibility index (Phi) is 4.51. The SMILES string of the molecule is CC1Cc2ccccc2N1C(=O)CN(c1cccc(F)c1)S(C)(=O)=O. The molecule has 0 saturated heterocycles. The normalized spacial score (nSPS) is 16.6. The van der Waals surface area contributed by atoms with Crippen molar-refractivity contribution in [3.63, 3.8) is 0 Å². The number of anilines is 2. The molecule has 1 aliphatic heterocycles. The maximum absolute atomic E-state index is 13.5. The fourth-order valence-corrected chi connectivity index (χ4v) is 4.02. The van der Waals surface area contributed by atoms with Crippen LogP contribution in [0.3, 0.4) is 0 Å². The molecule has 3 rings (SSSR count). The Balaban J connectivity index is 1.92. The molecule has 1 aliphatic rings.